The van der Waals surface area contributed by atoms with E-state index in [1.165, 1.54) is 45.2 Å². The van der Waals surface area contributed by atoms with Crippen LogP contribution in [0.1, 0.15) is 51.7 Å². The van der Waals surface area contributed by atoms with Gasteiger partial charge in [0.1, 0.15) is 5.76 Å². The van der Waals surface area contributed by atoms with Crippen molar-refractivity contribution < 1.29 is 4.42 Å². The number of rotatable bonds is 11. The van der Waals surface area contributed by atoms with Gasteiger partial charge in [-0.3, -0.25) is 4.90 Å². The molecular formula is C17H30N2O. The molecule has 0 aromatic carbocycles. The van der Waals surface area contributed by atoms with E-state index in [1.54, 1.807) is 6.26 Å². The molecule has 2 rings (SSSR count). The zero-order chi connectivity index (χ0) is 14.2. The van der Waals surface area contributed by atoms with Crippen molar-refractivity contribution in [3.8, 4) is 0 Å². The summed E-state index contributed by atoms with van der Waals surface area (Å²) in [6, 6.07) is 4.89. The van der Waals surface area contributed by atoms with Crippen LogP contribution in [0.4, 0.5) is 0 Å². The lowest BCUT2D eigenvalue weighted by molar-refractivity contribution is 0.228. The number of hydrogen-bond donors (Lipinski definition) is 1. The first-order chi connectivity index (χ1) is 9.75. The molecule has 114 valence electrons. The van der Waals surface area contributed by atoms with Crippen molar-refractivity contribution in [1.29, 1.82) is 0 Å². The molecule has 0 spiro atoms. The highest BCUT2D eigenvalue weighted by Gasteiger charge is 2.28. The fraction of sp³-hybridized carbons (Fsp3) is 0.765. The van der Waals surface area contributed by atoms with Crippen molar-refractivity contribution in [3.63, 3.8) is 0 Å². The number of furan rings is 1. The maximum Gasteiger partial charge on any atom is 0.117 e. The van der Waals surface area contributed by atoms with E-state index in [-0.39, 0.29) is 0 Å². The smallest absolute Gasteiger partial charge is 0.117 e. The molecular weight excluding hydrogens is 248 g/mol. The van der Waals surface area contributed by atoms with Gasteiger partial charge in [0.25, 0.3) is 0 Å². The number of hydrogen-bond acceptors (Lipinski definition) is 3. The lowest BCUT2D eigenvalue weighted by atomic mass is 10.2. The molecule has 1 saturated carbocycles. The summed E-state index contributed by atoms with van der Waals surface area (Å²) in [6.45, 7) is 9.04. The van der Waals surface area contributed by atoms with Crippen LogP contribution in [-0.4, -0.2) is 30.6 Å². The Morgan fingerprint density at radius 2 is 2.15 bits per heavy atom. The molecule has 0 amide bonds. The first kappa shape index (κ1) is 15.6. The van der Waals surface area contributed by atoms with E-state index in [1.807, 2.05) is 6.07 Å². The predicted molar refractivity (Wildman–Crippen MR) is 83.7 cm³/mol. The van der Waals surface area contributed by atoms with Gasteiger partial charge < -0.3 is 9.73 Å². The fourth-order valence-electron chi connectivity index (χ4n) is 2.57. The van der Waals surface area contributed by atoms with E-state index in [4.69, 9.17) is 4.42 Å². The second kappa shape index (κ2) is 8.48. The predicted octanol–water partition coefficient (Wildman–Crippen LogP) is 3.66. The maximum absolute atomic E-state index is 5.47. The molecule has 1 N–H and O–H groups in total. The normalized spacial score (nSPS) is 15.4. The van der Waals surface area contributed by atoms with Crippen LogP contribution >= 0.6 is 0 Å². The van der Waals surface area contributed by atoms with Gasteiger partial charge in [0.15, 0.2) is 0 Å². The molecule has 0 aliphatic heterocycles. The maximum atomic E-state index is 5.47. The molecule has 1 aliphatic carbocycles. The van der Waals surface area contributed by atoms with Crippen molar-refractivity contribution in [2.45, 2.75) is 58.5 Å². The van der Waals surface area contributed by atoms with E-state index in [0.29, 0.717) is 0 Å². The van der Waals surface area contributed by atoms with Crippen LogP contribution in [0, 0.1) is 5.92 Å². The minimum atomic E-state index is 0.758. The summed E-state index contributed by atoms with van der Waals surface area (Å²) in [6.07, 6.45) is 8.45. The van der Waals surface area contributed by atoms with Crippen molar-refractivity contribution in [2.75, 3.05) is 19.6 Å². The molecule has 3 nitrogen and oxygen atoms in total. The van der Waals surface area contributed by atoms with E-state index >= 15 is 0 Å². The molecule has 1 heterocycles. The van der Waals surface area contributed by atoms with Gasteiger partial charge in [-0.2, -0.15) is 0 Å². The summed E-state index contributed by atoms with van der Waals surface area (Å²) in [5.41, 5.74) is 0. The zero-order valence-corrected chi connectivity index (χ0v) is 13.1. The topological polar surface area (TPSA) is 28.4 Å². The molecule has 1 fully saturated rings. The Bertz CT molecular complexity index is 344. The van der Waals surface area contributed by atoms with E-state index < -0.39 is 0 Å². The average Bonchev–Trinajstić information content (AvgIpc) is 3.14. The molecule has 0 atom stereocenters. The summed E-state index contributed by atoms with van der Waals surface area (Å²) in [7, 11) is 0. The standard InChI is InChI=1S/C17H30N2O/c1-15(2)13-18-10-4-3-5-11-19(16-8-9-16)14-17-7-6-12-20-17/h6-7,12,15-16,18H,3-5,8-11,13-14H2,1-2H3. The van der Waals surface area contributed by atoms with Crippen molar-refractivity contribution in [3.05, 3.63) is 24.2 Å². The Kier molecular flexibility index (Phi) is 6.61. The van der Waals surface area contributed by atoms with Crippen molar-refractivity contribution in [2.24, 2.45) is 5.92 Å². The lowest BCUT2D eigenvalue weighted by Gasteiger charge is -2.20. The highest BCUT2D eigenvalue weighted by atomic mass is 16.3. The summed E-state index contributed by atoms with van der Waals surface area (Å²) in [5, 5.41) is 3.52. The molecule has 0 bridgehead atoms. The Balaban J connectivity index is 1.54. The first-order valence-electron chi connectivity index (χ1n) is 8.23. The second-order valence-electron chi connectivity index (χ2n) is 6.44. The van der Waals surface area contributed by atoms with Crippen LogP contribution in [0.15, 0.2) is 22.8 Å². The highest BCUT2D eigenvalue weighted by molar-refractivity contribution is 4.99. The second-order valence-corrected chi connectivity index (χ2v) is 6.44. The van der Waals surface area contributed by atoms with E-state index in [2.05, 4.69) is 30.1 Å². The van der Waals surface area contributed by atoms with E-state index in [9.17, 15) is 0 Å². The zero-order valence-electron chi connectivity index (χ0n) is 13.1. The van der Waals surface area contributed by atoms with Crippen LogP contribution in [0.25, 0.3) is 0 Å². The minimum absolute atomic E-state index is 0.758. The molecule has 0 radical (unpaired) electrons. The fourth-order valence-corrected chi connectivity index (χ4v) is 2.57. The van der Waals surface area contributed by atoms with Crippen LogP contribution in [0.5, 0.6) is 0 Å². The third kappa shape index (κ3) is 6.10. The van der Waals surface area contributed by atoms with Crippen LogP contribution in [0.3, 0.4) is 0 Å². The van der Waals surface area contributed by atoms with Gasteiger partial charge in [-0.15, -0.1) is 0 Å². The molecule has 20 heavy (non-hydrogen) atoms. The van der Waals surface area contributed by atoms with Gasteiger partial charge in [0.05, 0.1) is 12.8 Å². The summed E-state index contributed by atoms with van der Waals surface area (Å²) < 4.78 is 5.47. The molecule has 3 heteroatoms. The quantitative estimate of drug-likeness (QED) is 0.626. The minimum Gasteiger partial charge on any atom is -0.468 e. The van der Waals surface area contributed by atoms with Gasteiger partial charge in [-0.1, -0.05) is 20.3 Å². The van der Waals surface area contributed by atoms with E-state index in [0.717, 1.165) is 30.8 Å². The average molecular weight is 278 g/mol. The Morgan fingerprint density at radius 1 is 1.30 bits per heavy atom. The summed E-state index contributed by atoms with van der Waals surface area (Å²) in [5.74, 6) is 1.86. The molecule has 1 aromatic rings. The van der Waals surface area contributed by atoms with Gasteiger partial charge in [-0.25, -0.2) is 0 Å². The largest absolute Gasteiger partial charge is 0.468 e. The van der Waals surface area contributed by atoms with Crippen LogP contribution in [-0.2, 0) is 6.54 Å². The van der Waals surface area contributed by atoms with Crippen LogP contribution in [0.2, 0.25) is 0 Å². The third-order valence-corrected chi connectivity index (χ3v) is 3.85. The number of nitrogens with one attached hydrogen (secondary N) is 1. The Hall–Kier alpha value is -0.800. The van der Waals surface area contributed by atoms with Gasteiger partial charge in [0.2, 0.25) is 0 Å². The number of nitrogens with zero attached hydrogens (tertiary/aromatic N) is 1. The van der Waals surface area contributed by atoms with Crippen LogP contribution < -0.4 is 5.32 Å². The molecule has 1 aliphatic rings. The highest BCUT2D eigenvalue weighted by Crippen LogP contribution is 2.28. The first-order valence-corrected chi connectivity index (χ1v) is 8.23. The van der Waals surface area contributed by atoms with Gasteiger partial charge in [0, 0.05) is 6.04 Å². The monoisotopic (exact) mass is 278 g/mol. The Morgan fingerprint density at radius 3 is 2.80 bits per heavy atom. The van der Waals surface area contributed by atoms with Crippen molar-refractivity contribution >= 4 is 0 Å². The molecule has 1 aromatic heterocycles. The molecule has 0 saturated heterocycles. The lowest BCUT2D eigenvalue weighted by Crippen LogP contribution is -2.26. The summed E-state index contributed by atoms with van der Waals surface area (Å²) in [4.78, 5) is 2.60. The Labute approximate surface area is 123 Å². The SMILES string of the molecule is CC(C)CNCCCCCN(Cc1ccco1)C1CC1. The summed E-state index contributed by atoms with van der Waals surface area (Å²) >= 11 is 0. The van der Waals surface area contributed by atoms with Gasteiger partial charge in [-0.05, 0) is 63.4 Å². The third-order valence-electron chi connectivity index (χ3n) is 3.85. The van der Waals surface area contributed by atoms with Gasteiger partial charge >= 0.3 is 0 Å². The molecule has 0 unspecified atom stereocenters. The number of unbranched alkanes of at least 4 members (excludes halogenated alkanes) is 2. The van der Waals surface area contributed by atoms with Crippen molar-refractivity contribution in [1.82, 2.24) is 10.2 Å².